The molecule has 0 saturated carbocycles. The highest BCUT2D eigenvalue weighted by Crippen LogP contribution is 2.40. The van der Waals surface area contributed by atoms with Gasteiger partial charge in [0.25, 0.3) is 0 Å². The van der Waals surface area contributed by atoms with Gasteiger partial charge in [-0.1, -0.05) is 30.3 Å². The molecule has 1 aliphatic heterocycles. The third kappa shape index (κ3) is 3.40. The first-order valence-corrected chi connectivity index (χ1v) is 9.54. The van der Waals surface area contributed by atoms with Gasteiger partial charge in [0.2, 0.25) is 5.66 Å². The number of rotatable bonds is 4. The Morgan fingerprint density at radius 3 is 2.07 bits per heavy atom. The van der Waals surface area contributed by atoms with Gasteiger partial charge in [0.05, 0.1) is 12.8 Å². The summed E-state index contributed by atoms with van der Waals surface area (Å²) in [5.41, 5.74) is 11.9. The van der Waals surface area contributed by atoms with Gasteiger partial charge in [0.15, 0.2) is 0 Å². The van der Waals surface area contributed by atoms with Crippen LogP contribution in [0.3, 0.4) is 0 Å². The zero-order chi connectivity index (χ0) is 20.6. The van der Waals surface area contributed by atoms with Crippen molar-refractivity contribution < 1.29 is 4.74 Å². The van der Waals surface area contributed by atoms with Gasteiger partial charge in [-0.15, -0.1) is 0 Å². The second kappa shape index (κ2) is 7.17. The highest BCUT2D eigenvalue weighted by atomic mass is 16.5. The lowest BCUT2D eigenvalue weighted by Crippen LogP contribution is -2.23. The molecule has 29 heavy (non-hydrogen) atoms. The zero-order valence-electron chi connectivity index (χ0n) is 17.1. The van der Waals surface area contributed by atoms with E-state index in [4.69, 9.17) is 20.5 Å². The van der Waals surface area contributed by atoms with Crippen molar-refractivity contribution in [3.63, 3.8) is 0 Å². The molecule has 146 valence electrons. The molecule has 1 atom stereocenters. The standard InChI is InChI=1S/C24H24N4O/c1-15-11-21(12-16(2)26-15)24(27-17(3)23(25)28-24)20-9-5-7-18(13-20)19-8-6-10-22(14-19)29-4/h5-14H,1-4H3,(H2,25,28). The third-order valence-electron chi connectivity index (χ3n) is 5.13. The van der Waals surface area contributed by atoms with Crippen LogP contribution in [0.15, 0.2) is 70.6 Å². The maximum Gasteiger partial charge on any atom is 0.204 e. The van der Waals surface area contributed by atoms with Crippen molar-refractivity contribution in [3.05, 3.63) is 83.2 Å². The molecule has 2 aromatic carbocycles. The number of nitrogens with zero attached hydrogens (tertiary/aromatic N) is 3. The van der Waals surface area contributed by atoms with Crippen LogP contribution in [0.1, 0.15) is 29.4 Å². The SMILES string of the molecule is COc1cccc(-c2cccc(C3(c4cc(C)nc(C)c4)N=C(C)C(N)=N3)c2)c1. The summed E-state index contributed by atoms with van der Waals surface area (Å²) < 4.78 is 5.38. The maximum absolute atomic E-state index is 6.18. The van der Waals surface area contributed by atoms with Crippen molar-refractivity contribution in [1.29, 1.82) is 0 Å². The molecule has 0 spiro atoms. The van der Waals surface area contributed by atoms with Gasteiger partial charge in [-0.3, -0.25) is 4.98 Å². The monoisotopic (exact) mass is 384 g/mol. The molecule has 5 heteroatoms. The van der Waals surface area contributed by atoms with E-state index in [1.54, 1.807) is 7.11 Å². The molecular weight excluding hydrogens is 360 g/mol. The van der Waals surface area contributed by atoms with Crippen molar-refractivity contribution >= 4 is 11.5 Å². The molecule has 5 nitrogen and oxygen atoms in total. The molecule has 1 unspecified atom stereocenters. The smallest absolute Gasteiger partial charge is 0.204 e. The summed E-state index contributed by atoms with van der Waals surface area (Å²) in [5, 5.41) is 0. The lowest BCUT2D eigenvalue weighted by Gasteiger charge is -2.25. The Morgan fingerprint density at radius 2 is 1.45 bits per heavy atom. The molecule has 2 N–H and O–H groups in total. The number of aryl methyl sites for hydroxylation is 2. The van der Waals surface area contributed by atoms with E-state index in [1.165, 1.54) is 0 Å². The number of amidine groups is 1. The summed E-state index contributed by atoms with van der Waals surface area (Å²) in [7, 11) is 1.67. The predicted molar refractivity (Wildman–Crippen MR) is 118 cm³/mol. The van der Waals surface area contributed by atoms with Crippen LogP contribution in [-0.4, -0.2) is 23.6 Å². The summed E-state index contributed by atoms with van der Waals surface area (Å²) in [6.07, 6.45) is 0. The van der Waals surface area contributed by atoms with Gasteiger partial charge in [0.1, 0.15) is 11.6 Å². The second-order valence-electron chi connectivity index (χ2n) is 7.32. The second-order valence-corrected chi connectivity index (χ2v) is 7.32. The van der Waals surface area contributed by atoms with Crippen LogP contribution in [0.5, 0.6) is 5.75 Å². The fourth-order valence-electron chi connectivity index (χ4n) is 3.76. The Balaban J connectivity index is 1.91. The molecule has 1 aliphatic rings. The molecule has 1 aromatic heterocycles. The lowest BCUT2D eigenvalue weighted by atomic mass is 9.89. The van der Waals surface area contributed by atoms with Gasteiger partial charge >= 0.3 is 0 Å². The van der Waals surface area contributed by atoms with E-state index in [9.17, 15) is 0 Å². The van der Waals surface area contributed by atoms with E-state index in [-0.39, 0.29) is 0 Å². The minimum atomic E-state index is -0.901. The van der Waals surface area contributed by atoms with Crippen molar-refractivity contribution in [2.45, 2.75) is 26.4 Å². The number of methoxy groups -OCH3 is 1. The first-order valence-electron chi connectivity index (χ1n) is 9.54. The normalized spacial score (nSPS) is 18.3. The largest absolute Gasteiger partial charge is 0.497 e. The van der Waals surface area contributed by atoms with Crippen LogP contribution in [0.4, 0.5) is 0 Å². The number of aliphatic imine (C=N–C) groups is 2. The van der Waals surface area contributed by atoms with Crippen LogP contribution in [0.2, 0.25) is 0 Å². The molecule has 3 aromatic rings. The van der Waals surface area contributed by atoms with Gasteiger partial charge < -0.3 is 10.5 Å². The van der Waals surface area contributed by atoms with Crippen molar-refractivity contribution in [3.8, 4) is 16.9 Å². The molecular formula is C24H24N4O. The number of hydrogen-bond donors (Lipinski definition) is 1. The van der Waals surface area contributed by atoms with E-state index >= 15 is 0 Å². The van der Waals surface area contributed by atoms with Gasteiger partial charge in [-0.05, 0) is 62.2 Å². The quantitative estimate of drug-likeness (QED) is 0.724. The first kappa shape index (κ1) is 18.9. The number of aromatic nitrogens is 1. The molecule has 0 aliphatic carbocycles. The van der Waals surface area contributed by atoms with Crippen LogP contribution in [-0.2, 0) is 5.66 Å². The highest BCUT2D eigenvalue weighted by molar-refractivity contribution is 6.41. The summed E-state index contributed by atoms with van der Waals surface area (Å²) in [4.78, 5) is 14.3. The Morgan fingerprint density at radius 1 is 0.793 bits per heavy atom. The zero-order valence-corrected chi connectivity index (χ0v) is 17.1. The van der Waals surface area contributed by atoms with Crippen molar-refractivity contribution in [1.82, 2.24) is 4.98 Å². The third-order valence-corrected chi connectivity index (χ3v) is 5.13. The van der Waals surface area contributed by atoms with Gasteiger partial charge in [-0.2, -0.15) is 0 Å². The van der Waals surface area contributed by atoms with Crippen LogP contribution < -0.4 is 10.5 Å². The van der Waals surface area contributed by atoms with E-state index in [0.29, 0.717) is 5.84 Å². The Kier molecular flexibility index (Phi) is 4.66. The Labute approximate surface area is 171 Å². The fourth-order valence-corrected chi connectivity index (χ4v) is 3.76. The predicted octanol–water partition coefficient (Wildman–Crippen LogP) is 4.41. The molecule has 0 saturated heterocycles. The molecule has 0 bridgehead atoms. The van der Waals surface area contributed by atoms with E-state index < -0.39 is 5.66 Å². The van der Waals surface area contributed by atoms with Crippen LogP contribution in [0, 0.1) is 13.8 Å². The average Bonchev–Trinajstić information content (AvgIpc) is 3.03. The number of pyridine rings is 1. The number of nitrogens with two attached hydrogens (primary N) is 1. The highest BCUT2D eigenvalue weighted by Gasteiger charge is 2.38. The lowest BCUT2D eigenvalue weighted by molar-refractivity contribution is 0.415. The molecule has 0 radical (unpaired) electrons. The average molecular weight is 384 g/mol. The van der Waals surface area contributed by atoms with E-state index in [2.05, 4.69) is 23.2 Å². The Bertz CT molecular complexity index is 1110. The minimum absolute atomic E-state index is 0.462. The summed E-state index contributed by atoms with van der Waals surface area (Å²) in [6.45, 7) is 5.86. The summed E-state index contributed by atoms with van der Waals surface area (Å²) in [5.74, 6) is 1.28. The number of ether oxygens (including phenoxy) is 1. The maximum atomic E-state index is 6.18. The van der Waals surface area contributed by atoms with Crippen LogP contribution in [0.25, 0.3) is 11.1 Å². The topological polar surface area (TPSA) is 72.9 Å². The van der Waals surface area contributed by atoms with Crippen molar-refractivity contribution in [2.24, 2.45) is 15.7 Å². The molecule has 0 fully saturated rings. The first-order chi connectivity index (χ1) is 13.9. The summed E-state index contributed by atoms with van der Waals surface area (Å²) in [6, 6.07) is 20.4. The summed E-state index contributed by atoms with van der Waals surface area (Å²) >= 11 is 0. The number of benzene rings is 2. The van der Waals surface area contributed by atoms with Gasteiger partial charge in [0, 0.05) is 22.5 Å². The molecule has 0 amide bonds. The molecule has 4 rings (SSSR count). The van der Waals surface area contributed by atoms with E-state index in [1.807, 2.05) is 63.2 Å². The van der Waals surface area contributed by atoms with Gasteiger partial charge in [-0.25, -0.2) is 9.98 Å². The van der Waals surface area contributed by atoms with E-state index in [0.717, 1.165) is 45.1 Å². The minimum Gasteiger partial charge on any atom is -0.497 e. The molecule has 2 heterocycles. The van der Waals surface area contributed by atoms with Crippen molar-refractivity contribution in [2.75, 3.05) is 7.11 Å². The number of hydrogen-bond acceptors (Lipinski definition) is 5. The Hall–Kier alpha value is -3.47. The fraction of sp³-hybridized carbons (Fsp3) is 0.208. The van der Waals surface area contributed by atoms with Crippen LogP contribution >= 0.6 is 0 Å².